The number of anilines is 2. The van der Waals surface area contributed by atoms with Gasteiger partial charge >= 0.3 is 5.97 Å². The van der Waals surface area contributed by atoms with E-state index in [1.165, 1.54) is 47.5 Å². The second-order valence-electron chi connectivity index (χ2n) is 8.32. The maximum absolute atomic E-state index is 15.0. The molecule has 0 bridgehead atoms. The van der Waals surface area contributed by atoms with Crippen LogP contribution in [-0.4, -0.2) is 60.8 Å². The number of carbonyl (C=O) groups excluding carboxylic acids is 3. The number of carbonyl (C=O) groups is 3. The molecule has 0 aliphatic heterocycles. The van der Waals surface area contributed by atoms with Gasteiger partial charge in [-0.15, -0.1) is 0 Å². The van der Waals surface area contributed by atoms with E-state index in [1.54, 1.807) is 27.1 Å². The smallest absolute Gasteiger partial charge is 0.344 e. The minimum atomic E-state index is -0.825. The van der Waals surface area contributed by atoms with Gasteiger partial charge in [-0.3, -0.25) is 15.0 Å². The number of benzene rings is 1. The Hall–Kier alpha value is -4.51. The predicted molar refractivity (Wildman–Crippen MR) is 146 cm³/mol. The minimum Gasteiger partial charge on any atom is -0.482 e. The van der Waals surface area contributed by atoms with Crippen LogP contribution in [0.15, 0.2) is 71.7 Å². The Morgan fingerprint density at radius 2 is 1.90 bits per heavy atom. The Kier molecular flexibility index (Phi) is 9.93. The van der Waals surface area contributed by atoms with Crippen LogP contribution in [-0.2, 0) is 14.3 Å². The highest BCUT2D eigenvalue weighted by Gasteiger charge is 2.22. The Labute approximate surface area is 229 Å². The molecular weight excluding hydrogens is 529 g/mol. The Morgan fingerprint density at radius 3 is 2.56 bits per heavy atom. The quantitative estimate of drug-likeness (QED) is 0.235. The van der Waals surface area contributed by atoms with Gasteiger partial charge < -0.3 is 25.0 Å². The van der Waals surface area contributed by atoms with Crippen LogP contribution in [0.4, 0.5) is 15.9 Å². The summed E-state index contributed by atoms with van der Waals surface area (Å²) in [6, 6.07) is 7.19. The van der Waals surface area contributed by atoms with Gasteiger partial charge in [-0.2, -0.15) is 0 Å². The molecule has 2 aromatic rings. The van der Waals surface area contributed by atoms with Crippen molar-refractivity contribution in [2.24, 2.45) is 0 Å². The first kappa shape index (κ1) is 29.1. The zero-order valence-corrected chi connectivity index (χ0v) is 22.3. The van der Waals surface area contributed by atoms with E-state index >= 15 is 4.39 Å². The van der Waals surface area contributed by atoms with E-state index in [9.17, 15) is 14.4 Å². The molecule has 1 heterocycles. The van der Waals surface area contributed by atoms with Crippen LogP contribution in [0.5, 0.6) is 5.75 Å². The highest BCUT2D eigenvalue weighted by atomic mass is 35.5. The van der Waals surface area contributed by atoms with Crippen molar-refractivity contribution in [2.45, 2.75) is 13.3 Å². The number of pyridine rings is 1. The fourth-order valence-corrected chi connectivity index (χ4v) is 3.49. The molecule has 0 radical (unpaired) electrons. The number of allylic oxidation sites excluding steroid dienone is 2. The molecule has 204 valence electrons. The van der Waals surface area contributed by atoms with Crippen LogP contribution in [0.1, 0.15) is 23.7 Å². The maximum atomic E-state index is 15.0. The summed E-state index contributed by atoms with van der Waals surface area (Å²) >= 11 is 5.85. The topological polar surface area (TPSA) is 134 Å². The van der Waals surface area contributed by atoms with Crippen LogP contribution in [0.25, 0.3) is 0 Å². The van der Waals surface area contributed by atoms with Gasteiger partial charge in [-0.25, -0.2) is 14.2 Å². The molecule has 1 aromatic heterocycles. The molecule has 1 aromatic carbocycles. The van der Waals surface area contributed by atoms with E-state index in [0.717, 1.165) is 6.08 Å². The Bertz CT molecular complexity index is 1370. The van der Waals surface area contributed by atoms with Gasteiger partial charge in [-0.05, 0) is 49.8 Å². The Morgan fingerprint density at radius 1 is 1.13 bits per heavy atom. The van der Waals surface area contributed by atoms with Gasteiger partial charge in [0.25, 0.3) is 11.8 Å². The Balaban J connectivity index is 1.87. The number of hydrogen-bond acceptors (Lipinski definition) is 7. The van der Waals surface area contributed by atoms with E-state index in [1.807, 2.05) is 0 Å². The third kappa shape index (κ3) is 7.99. The average Bonchev–Trinajstić information content (AvgIpc) is 3.10. The summed E-state index contributed by atoms with van der Waals surface area (Å²) in [5, 5.41) is 13.6. The van der Waals surface area contributed by atoms with Crippen LogP contribution in [0.2, 0.25) is 5.02 Å². The number of ether oxygens (including phenoxy) is 2. The number of aromatic nitrogens is 1. The van der Waals surface area contributed by atoms with E-state index in [0.29, 0.717) is 10.6 Å². The predicted octanol–water partition coefficient (Wildman–Crippen LogP) is 4.52. The molecule has 3 N–H and O–H groups in total. The zero-order chi connectivity index (χ0) is 28.5. The number of likely N-dealkylation sites (N-methyl/N-ethyl adjacent to an activating group) is 1. The lowest BCUT2D eigenvalue weighted by Gasteiger charge is -2.15. The van der Waals surface area contributed by atoms with E-state index in [2.05, 4.69) is 15.6 Å². The molecule has 12 heteroatoms. The number of halogens is 2. The van der Waals surface area contributed by atoms with Crippen molar-refractivity contribution in [1.29, 1.82) is 5.41 Å². The lowest BCUT2D eigenvalue weighted by molar-refractivity contribution is -0.145. The van der Waals surface area contributed by atoms with Gasteiger partial charge in [0.15, 0.2) is 6.61 Å². The number of esters is 1. The third-order valence-electron chi connectivity index (χ3n) is 5.28. The fraction of sp³-hybridized carbons (Fsp3) is 0.222. The molecular formula is C27H27ClFN5O5. The van der Waals surface area contributed by atoms with Gasteiger partial charge in [-0.1, -0.05) is 23.8 Å². The number of nitrogens with zero attached hydrogens (tertiary/aromatic N) is 2. The summed E-state index contributed by atoms with van der Waals surface area (Å²) in [5.74, 6) is -2.43. The molecule has 1 aliphatic carbocycles. The van der Waals surface area contributed by atoms with E-state index in [4.69, 9.17) is 26.5 Å². The SMILES string of the molecule is CCOC(=O)COc1ccc(NC(=O)C2=CCC=C(C(=N)N(C)C)C=C2F)c(C(=O)Nc2ccc(Cl)cn2)c1. The van der Waals surface area contributed by atoms with Crippen molar-refractivity contribution < 1.29 is 28.2 Å². The van der Waals surface area contributed by atoms with Crippen molar-refractivity contribution in [3.05, 3.63) is 82.3 Å². The first-order valence-corrected chi connectivity index (χ1v) is 12.2. The number of amidine groups is 1. The summed E-state index contributed by atoms with van der Waals surface area (Å²) < 4.78 is 25.3. The molecule has 0 fully saturated rings. The third-order valence-corrected chi connectivity index (χ3v) is 5.50. The normalized spacial score (nSPS) is 12.7. The molecule has 0 atom stereocenters. The second kappa shape index (κ2) is 13.3. The summed E-state index contributed by atoms with van der Waals surface area (Å²) in [6.07, 6.45) is 5.72. The molecule has 0 saturated heterocycles. The second-order valence-corrected chi connectivity index (χ2v) is 8.76. The van der Waals surface area contributed by atoms with Crippen molar-refractivity contribution in [3.63, 3.8) is 0 Å². The summed E-state index contributed by atoms with van der Waals surface area (Å²) in [7, 11) is 3.32. The average molecular weight is 556 g/mol. The summed E-state index contributed by atoms with van der Waals surface area (Å²) in [6.45, 7) is 1.45. The summed E-state index contributed by atoms with van der Waals surface area (Å²) in [5.41, 5.74) is 0.103. The van der Waals surface area contributed by atoms with Crippen LogP contribution in [0, 0.1) is 5.41 Å². The highest BCUT2D eigenvalue weighted by Crippen LogP contribution is 2.27. The molecule has 0 spiro atoms. The number of amides is 2. The van der Waals surface area contributed by atoms with E-state index in [-0.39, 0.29) is 53.9 Å². The van der Waals surface area contributed by atoms with Crippen LogP contribution >= 0.6 is 11.6 Å². The number of rotatable bonds is 9. The van der Waals surface area contributed by atoms with Crippen molar-refractivity contribution >= 4 is 46.7 Å². The molecule has 1 aliphatic rings. The largest absolute Gasteiger partial charge is 0.482 e. The first-order chi connectivity index (χ1) is 18.6. The van der Waals surface area contributed by atoms with Crippen LogP contribution < -0.4 is 15.4 Å². The molecule has 10 nitrogen and oxygen atoms in total. The van der Waals surface area contributed by atoms with Gasteiger partial charge in [0.1, 0.15) is 23.2 Å². The molecule has 0 unspecified atom stereocenters. The standard InChI is InChI=1S/C27H27ClFN5O5/c1-4-38-24(35)15-39-18-9-10-22(20(13-18)27(37)33-23-11-8-17(28)14-31-23)32-26(36)19-7-5-6-16(12-21(19)29)25(30)34(2)3/h6-14,30H,4-5,15H2,1-3H3,(H,32,36)(H,31,33,37). The number of nitrogens with one attached hydrogen (secondary N) is 3. The monoisotopic (exact) mass is 555 g/mol. The fourth-order valence-electron chi connectivity index (χ4n) is 3.38. The number of hydrogen-bond donors (Lipinski definition) is 3. The molecule has 0 saturated carbocycles. The molecule has 39 heavy (non-hydrogen) atoms. The molecule has 2 amide bonds. The van der Waals surface area contributed by atoms with Gasteiger partial charge in [0.2, 0.25) is 0 Å². The van der Waals surface area contributed by atoms with E-state index < -0.39 is 23.6 Å². The van der Waals surface area contributed by atoms with Gasteiger partial charge in [0.05, 0.1) is 28.5 Å². The lowest BCUT2D eigenvalue weighted by atomic mass is 10.1. The van der Waals surface area contributed by atoms with Crippen molar-refractivity contribution in [3.8, 4) is 5.75 Å². The highest BCUT2D eigenvalue weighted by molar-refractivity contribution is 6.30. The zero-order valence-electron chi connectivity index (χ0n) is 21.5. The summed E-state index contributed by atoms with van der Waals surface area (Å²) in [4.78, 5) is 43.5. The first-order valence-electron chi connectivity index (χ1n) is 11.8. The minimum absolute atomic E-state index is 0.0340. The van der Waals surface area contributed by atoms with Crippen molar-refractivity contribution in [1.82, 2.24) is 9.88 Å². The molecule has 3 rings (SSSR count). The lowest BCUT2D eigenvalue weighted by Crippen LogP contribution is -2.22. The van der Waals surface area contributed by atoms with Crippen LogP contribution in [0.3, 0.4) is 0 Å². The maximum Gasteiger partial charge on any atom is 0.344 e. The van der Waals surface area contributed by atoms with Gasteiger partial charge in [0, 0.05) is 25.9 Å². The van der Waals surface area contributed by atoms with Crippen molar-refractivity contribution in [2.75, 3.05) is 37.9 Å².